The van der Waals surface area contributed by atoms with E-state index in [1.54, 1.807) is 6.20 Å². The minimum atomic E-state index is -0.0820. The molecule has 1 amide bonds. The van der Waals surface area contributed by atoms with E-state index in [1.807, 2.05) is 71.4 Å². The van der Waals surface area contributed by atoms with Gasteiger partial charge in [-0.05, 0) is 49.1 Å². The Balaban J connectivity index is 1.32. The van der Waals surface area contributed by atoms with Crippen molar-refractivity contribution in [2.75, 3.05) is 5.32 Å². The van der Waals surface area contributed by atoms with Gasteiger partial charge in [0.1, 0.15) is 0 Å². The molecular formula is C25H19N5O. The van der Waals surface area contributed by atoms with E-state index in [2.05, 4.69) is 15.3 Å². The van der Waals surface area contributed by atoms with E-state index in [9.17, 15) is 4.79 Å². The zero-order valence-corrected chi connectivity index (χ0v) is 16.7. The van der Waals surface area contributed by atoms with Crippen molar-refractivity contribution in [2.45, 2.75) is 19.3 Å². The highest BCUT2D eigenvalue weighted by molar-refractivity contribution is 6.13. The van der Waals surface area contributed by atoms with Crippen molar-refractivity contribution >= 4 is 28.3 Å². The normalized spacial score (nSPS) is 12.9. The molecule has 0 atom stereocenters. The van der Waals surface area contributed by atoms with E-state index >= 15 is 0 Å². The Labute approximate surface area is 178 Å². The third-order valence-electron chi connectivity index (χ3n) is 5.82. The molecule has 6 rings (SSSR count). The summed E-state index contributed by atoms with van der Waals surface area (Å²) in [6.45, 7) is 0. The molecule has 5 aromatic rings. The third kappa shape index (κ3) is 3.04. The van der Waals surface area contributed by atoms with Crippen molar-refractivity contribution in [3.05, 3.63) is 90.0 Å². The number of aryl methyl sites for hydroxylation is 1. The lowest BCUT2D eigenvalue weighted by Gasteiger charge is -2.13. The number of nitrogens with zero attached hydrogens (tertiary/aromatic N) is 4. The molecular weight excluding hydrogens is 386 g/mol. The van der Waals surface area contributed by atoms with E-state index in [1.165, 1.54) is 0 Å². The highest BCUT2D eigenvalue weighted by Gasteiger charge is 2.23. The van der Waals surface area contributed by atoms with Crippen molar-refractivity contribution in [1.29, 1.82) is 0 Å². The van der Waals surface area contributed by atoms with Crippen molar-refractivity contribution in [1.82, 2.24) is 19.4 Å². The lowest BCUT2D eigenvalue weighted by molar-refractivity contribution is 0.102. The number of aromatic nitrogens is 4. The first-order chi connectivity index (χ1) is 15.3. The van der Waals surface area contributed by atoms with Crippen molar-refractivity contribution in [2.24, 2.45) is 0 Å². The van der Waals surface area contributed by atoms with Gasteiger partial charge in [0.25, 0.3) is 5.91 Å². The number of pyridine rings is 1. The van der Waals surface area contributed by atoms with E-state index in [0.29, 0.717) is 5.78 Å². The van der Waals surface area contributed by atoms with Crippen LogP contribution in [0.4, 0.5) is 5.69 Å². The van der Waals surface area contributed by atoms with Crippen molar-refractivity contribution in [3.63, 3.8) is 0 Å². The molecule has 0 bridgehead atoms. The number of carbonyl (C=O) groups is 1. The first kappa shape index (κ1) is 17.8. The molecule has 0 saturated heterocycles. The Morgan fingerprint density at radius 1 is 0.968 bits per heavy atom. The number of fused-ring (bicyclic) bond motifs is 3. The maximum Gasteiger partial charge on any atom is 0.256 e. The topological polar surface area (TPSA) is 72.2 Å². The highest BCUT2D eigenvalue weighted by atomic mass is 16.1. The molecule has 6 nitrogen and oxygen atoms in total. The van der Waals surface area contributed by atoms with Gasteiger partial charge < -0.3 is 5.32 Å². The predicted molar refractivity (Wildman–Crippen MR) is 120 cm³/mol. The predicted octanol–water partition coefficient (Wildman–Crippen LogP) is 4.69. The summed E-state index contributed by atoms with van der Waals surface area (Å²) in [6, 6.07) is 17.5. The summed E-state index contributed by atoms with van der Waals surface area (Å²) in [7, 11) is 0. The molecule has 3 aromatic heterocycles. The highest BCUT2D eigenvalue weighted by Crippen LogP contribution is 2.31. The maximum absolute atomic E-state index is 13.3. The average Bonchev–Trinajstić information content (AvgIpc) is 3.44. The molecule has 0 spiro atoms. The zero-order valence-electron chi connectivity index (χ0n) is 16.7. The average molecular weight is 405 g/mol. The first-order valence-electron chi connectivity index (χ1n) is 10.4. The second kappa shape index (κ2) is 7.02. The maximum atomic E-state index is 13.3. The number of rotatable bonds is 3. The second-order valence-corrected chi connectivity index (χ2v) is 7.77. The van der Waals surface area contributed by atoms with E-state index in [4.69, 9.17) is 4.98 Å². The van der Waals surface area contributed by atoms with Crippen LogP contribution in [0.3, 0.4) is 0 Å². The summed E-state index contributed by atoms with van der Waals surface area (Å²) in [5.74, 6) is 0.578. The smallest absolute Gasteiger partial charge is 0.256 e. The number of imidazole rings is 1. The summed E-state index contributed by atoms with van der Waals surface area (Å²) in [5.41, 5.74) is 6.35. The largest absolute Gasteiger partial charge is 0.322 e. The molecule has 3 heterocycles. The van der Waals surface area contributed by atoms with Gasteiger partial charge in [0.15, 0.2) is 0 Å². The summed E-state index contributed by atoms with van der Waals surface area (Å²) in [4.78, 5) is 26.9. The van der Waals surface area contributed by atoms with Crippen LogP contribution in [-0.4, -0.2) is 25.3 Å². The van der Waals surface area contributed by atoms with Gasteiger partial charge in [-0.25, -0.2) is 9.97 Å². The fraction of sp³-hybridized carbons (Fsp3) is 0.120. The number of nitrogens with one attached hydrogen (secondary N) is 1. The lowest BCUT2D eigenvalue weighted by atomic mass is 10.0. The Bertz CT molecular complexity index is 1420. The van der Waals surface area contributed by atoms with Crippen LogP contribution in [0.2, 0.25) is 0 Å². The SMILES string of the molecule is O=C(Nc1ccc(-c2cn3cccnc3n2)cc1)c1c2c(nc3ccccc13)CCC2. The standard InChI is InChI=1S/C25H19N5O/c31-24(23-18-5-1-2-7-20(18)28-21-8-3-6-19(21)23)27-17-11-9-16(10-12-17)22-15-30-14-4-13-26-25(30)29-22/h1-2,4-5,7,9-15H,3,6,8H2,(H,27,31). The van der Waals surface area contributed by atoms with E-state index in [0.717, 1.165) is 63.9 Å². The first-order valence-corrected chi connectivity index (χ1v) is 10.4. The van der Waals surface area contributed by atoms with Crippen LogP contribution in [-0.2, 0) is 12.8 Å². The van der Waals surface area contributed by atoms with Gasteiger partial charge in [-0.15, -0.1) is 0 Å². The van der Waals surface area contributed by atoms with Crippen LogP contribution < -0.4 is 5.32 Å². The van der Waals surface area contributed by atoms with Crippen molar-refractivity contribution < 1.29 is 4.79 Å². The number of hydrogen-bond acceptors (Lipinski definition) is 4. The molecule has 150 valence electrons. The quantitative estimate of drug-likeness (QED) is 0.473. The summed E-state index contributed by atoms with van der Waals surface area (Å²) in [6.07, 6.45) is 8.47. The van der Waals surface area contributed by atoms with Crippen molar-refractivity contribution in [3.8, 4) is 11.3 Å². The molecule has 31 heavy (non-hydrogen) atoms. The fourth-order valence-corrected chi connectivity index (χ4v) is 4.36. The Hall–Kier alpha value is -4.06. The lowest BCUT2D eigenvalue weighted by Crippen LogP contribution is -2.15. The molecule has 0 saturated carbocycles. The monoisotopic (exact) mass is 405 g/mol. The van der Waals surface area contributed by atoms with Crippen LogP contribution >= 0.6 is 0 Å². The summed E-state index contributed by atoms with van der Waals surface area (Å²) in [5, 5.41) is 3.99. The molecule has 1 N–H and O–H groups in total. The van der Waals surface area contributed by atoms with Crippen LogP contribution in [0, 0.1) is 0 Å². The molecule has 0 radical (unpaired) electrons. The van der Waals surface area contributed by atoms with Crippen LogP contribution in [0.5, 0.6) is 0 Å². The van der Waals surface area contributed by atoms with Crippen LogP contribution in [0.25, 0.3) is 27.9 Å². The Morgan fingerprint density at radius 3 is 2.71 bits per heavy atom. The minimum absolute atomic E-state index is 0.0820. The molecule has 6 heteroatoms. The van der Waals surface area contributed by atoms with E-state index < -0.39 is 0 Å². The third-order valence-corrected chi connectivity index (χ3v) is 5.82. The summed E-state index contributed by atoms with van der Waals surface area (Å²) >= 11 is 0. The number of hydrogen-bond donors (Lipinski definition) is 1. The van der Waals surface area contributed by atoms with Gasteiger partial charge >= 0.3 is 0 Å². The molecule has 0 aliphatic heterocycles. The number of carbonyl (C=O) groups excluding carboxylic acids is 1. The molecule has 1 aliphatic carbocycles. The van der Waals surface area contributed by atoms with E-state index in [-0.39, 0.29) is 5.91 Å². The molecule has 0 fully saturated rings. The molecule has 2 aromatic carbocycles. The van der Waals surface area contributed by atoms with Gasteiger partial charge in [-0.2, -0.15) is 0 Å². The van der Waals surface area contributed by atoms with Crippen LogP contribution in [0.15, 0.2) is 73.2 Å². The Morgan fingerprint density at radius 2 is 1.84 bits per heavy atom. The number of anilines is 1. The molecule has 0 unspecified atom stereocenters. The molecule has 1 aliphatic rings. The minimum Gasteiger partial charge on any atom is -0.322 e. The fourth-order valence-electron chi connectivity index (χ4n) is 4.36. The van der Waals surface area contributed by atoms with Gasteiger partial charge in [-0.3, -0.25) is 14.2 Å². The zero-order chi connectivity index (χ0) is 20.8. The number of para-hydroxylation sites is 1. The Kier molecular flexibility index (Phi) is 4.02. The summed E-state index contributed by atoms with van der Waals surface area (Å²) < 4.78 is 1.89. The van der Waals surface area contributed by atoms with Gasteiger partial charge in [0.05, 0.1) is 16.8 Å². The van der Waals surface area contributed by atoms with Gasteiger partial charge in [0.2, 0.25) is 5.78 Å². The van der Waals surface area contributed by atoms with Gasteiger partial charge in [-0.1, -0.05) is 30.3 Å². The van der Waals surface area contributed by atoms with Crippen LogP contribution in [0.1, 0.15) is 28.0 Å². The number of benzene rings is 2. The van der Waals surface area contributed by atoms with Gasteiger partial charge in [0, 0.05) is 40.9 Å². The number of amides is 1. The second-order valence-electron chi connectivity index (χ2n) is 7.77.